The van der Waals surface area contributed by atoms with Crippen LogP contribution in [0, 0.1) is 19.8 Å². The minimum absolute atomic E-state index is 0.0268. The fraction of sp³-hybridized carbons (Fsp3) is 0.467. The van der Waals surface area contributed by atoms with E-state index in [1.165, 1.54) is 0 Å². The van der Waals surface area contributed by atoms with E-state index in [1.807, 2.05) is 45.9 Å². The molecule has 1 atom stereocenters. The van der Waals surface area contributed by atoms with Crippen molar-refractivity contribution < 1.29 is 9.59 Å². The number of hydrogen-bond acceptors (Lipinski definition) is 2. The van der Waals surface area contributed by atoms with Crippen molar-refractivity contribution in [2.75, 3.05) is 11.9 Å². The number of benzene rings is 1. The normalized spacial score (nSPS) is 12.1. The number of hydrogen-bond donors (Lipinski definition) is 2. The molecule has 1 unspecified atom stereocenters. The van der Waals surface area contributed by atoms with Gasteiger partial charge in [0.1, 0.15) is 0 Å². The van der Waals surface area contributed by atoms with Gasteiger partial charge in [0.25, 0.3) is 0 Å². The Kier molecular flexibility index (Phi) is 6.20. The zero-order valence-corrected chi connectivity index (χ0v) is 13.9. The maximum Gasteiger partial charge on any atom is 0.243 e. The molecule has 0 aromatic heterocycles. The molecule has 0 saturated heterocycles. The summed E-state index contributed by atoms with van der Waals surface area (Å²) in [6.45, 7) is 7.80. The van der Waals surface area contributed by atoms with Gasteiger partial charge in [-0.2, -0.15) is 0 Å². The lowest BCUT2D eigenvalue weighted by Gasteiger charge is -2.14. The number of nitrogens with one attached hydrogen (secondary N) is 2. The highest BCUT2D eigenvalue weighted by atomic mass is 79.9. The maximum atomic E-state index is 11.8. The average molecular weight is 341 g/mol. The van der Waals surface area contributed by atoms with Gasteiger partial charge in [-0.3, -0.25) is 9.59 Å². The van der Waals surface area contributed by atoms with Crippen molar-refractivity contribution >= 4 is 33.4 Å². The molecule has 0 saturated carbocycles. The molecule has 4 nitrogen and oxygen atoms in total. The number of carbonyl (C=O) groups excluding carboxylic acids is 2. The summed E-state index contributed by atoms with van der Waals surface area (Å²) in [4.78, 5) is 23.3. The number of aryl methyl sites for hydroxylation is 1. The first-order chi connectivity index (χ1) is 9.32. The molecule has 1 aromatic rings. The van der Waals surface area contributed by atoms with Crippen molar-refractivity contribution in [3.05, 3.63) is 29.3 Å². The van der Waals surface area contributed by atoms with Crippen LogP contribution in [-0.2, 0) is 9.59 Å². The number of anilines is 1. The van der Waals surface area contributed by atoms with Crippen LogP contribution >= 0.6 is 15.9 Å². The molecule has 2 amide bonds. The third kappa shape index (κ3) is 4.63. The summed E-state index contributed by atoms with van der Waals surface area (Å²) in [5, 5.41) is 5.43. The van der Waals surface area contributed by atoms with Gasteiger partial charge >= 0.3 is 0 Å². The van der Waals surface area contributed by atoms with E-state index in [4.69, 9.17) is 0 Å². The summed E-state index contributed by atoms with van der Waals surface area (Å²) in [5.41, 5.74) is 2.93. The van der Waals surface area contributed by atoms with Crippen LogP contribution in [-0.4, -0.2) is 23.2 Å². The van der Waals surface area contributed by atoms with Gasteiger partial charge in [-0.15, -0.1) is 0 Å². The molecule has 0 aliphatic rings. The lowest BCUT2D eigenvalue weighted by Crippen LogP contribution is -2.39. The van der Waals surface area contributed by atoms with Crippen LogP contribution in [0.2, 0.25) is 0 Å². The largest absolute Gasteiger partial charge is 0.346 e. The van der Waals surface area contributed by atoms with Crippen LogP contribution in [0.4, 0.5) is 5.69 Å². The summed E-state index contributed by atoms with van der Waals surface area (Å²) < 4.78 is 0. The molecule has 1 aromatic carbocycles. The highest BCUT2D eigenvalue weighted by Gasteiger charge is 2.18. The Bertz CT molecular complexity index is 501. The van der Waals surface area contributed by atoms with E-state index < -0.39 is 0 Å². The Morgan fingerprint density at radius 2 is 1.90 bits per heavy atom. The fourth-order valence-electron chi connectivity index (χ4n) is 1.65. The van der Waals surface area contributed by atoms with E-state index >= 15 is 0 Å². The van der Waals surface area contributed by atoms with E-state index in [9.17, 15) is 9.59 Å². The van der Waals surface area contributed by atoms with Crippen molar-refractivity contribution in [1.29, 1.82) is 0 Å². The van der Waals surface area contributed by atoms with Crippen molar-refractivity contribution in [3.8, 4) is 0 Å². The second-order valence-corrected chi connectivity index (χ2v) is 6.15. The van der Waals surface area contributed by atoms with Gasteiger partial charge in [0.2, 0.25) is 11.8 Å². The molecule has 20 heavy (non-hydrogen) atoms. The molecule has 0 heterocycles. The standard InChI is InChI=1S/C15H21BrN2O2/c1-9(2)14(16)15(20)17-8-13(19)18-12-7-5-6-10(3)11(12)4/h5-7,9,14H,8H2,1-4H3,(H,17,20)(H,18,19). The number of alkyl halides is 1. The zero-order valence-electron chi connectivity index (χ0n) is 12.3. The topological polar surface area (TPSA) is 58.2 Å². The zero-order chi connectivity index (χ0) is 15.3. The highest BCUT2D eigenvalue weighted by Crippen LogP contribution is 2.17. The summed E-state index contributed by atoms with van der Waals surface area (Å²) in [5.74, 6) is -0.219. The summed E-state index contributed by atoms with van der Waals surface area (Å²) in [6, 6.07) is 5.73. The molecule has 0 bridgehead atoms. The second kappa shape index (κ2) is 7.43. The van der Waals surface area contributed by atoms with Crippen LogP contribution in [0.3, 0.4) is 0 Å². The smallest absolute Gasteiger partial charge is 0.243 e. The van der Waals surface area contributed by atoms with Crippen LogP contribution in [0.5, 0.6) is 0 Å². The number of amides is 2. The van der Waals surface area contributed by atoms with E-state index in [-0.39, 0.29) is 29.1 Å². The van der Waals surface area contributed by atoms with E-state index in [0.29, 0.717) is 0 Å². The Labute approximate surface area is 128 Å². The third-order valence-corrected chi connectivity index (χ3v) is 4.61. The molecular formula is C15H21BrN2O2. The molecule has 2 N–H and O–H groups in total. The van der Waals surface area contributed by atoms with Gasteiger partial charge in [-0.25, -0.2) is 0 Å². The van der Waals surface area contributed by atoms with Gasteiger partial charge in [-0.05, 0) is 37.0 Å². The first-order valence-corrected chi connectivity index (χ1v) is 7.52. The van der Waals surface area contributed by atoms with Gasteiger partial charge in [0, 0.05) is 5.69 Å². The number of rotatable bonds is 5. The predicted octanol–water partition coefficient (Wildman–Crippen LogP) is 2.78. The third-order valence-electron chi connectivity index (χ3n) is 3.14. The Hall–Kier alpha value is -1.36. The van der Waals surface area contributed by atoms with Crippen molar-refractivity contribution in [2.45, 2.75) is 32.5 Å². The molecular weight excluding hydrogens is 320 g/mol. The first kappa shape index (κ1) is 16.7. The van der Waals surface area contributed by atoms with Crippen LogP contribution < -0.4 is 10.6 Å². The van der Waals surface area contributed by atoms with E-state index in [2.05, 4.69) is 26.6 Å². The van der Waals surface area contributed by atoms with Crippen molar-refractivity contribution in [3.63, 3.8) is 0 Å². The first-order valence-electron chi connectivity index (χ1n) is 6.60. The van der Waals surface area contributed by atoms with Crippen molar-refractivity contribution in [1.82, 2.24) is 5.32 Å². The van der Waals surface area contributed by atoms with Crippen LogP contribution in [0.15, 0.2) is 18.2 Å². The molecule has 1 rings (SSSR count). The molecule has 0 aliphatic carbocycles. The Balaban J connectivity index is 2.53. The van der Waals surface area contributed by atoms with Crippen LogP contribution in [0.1, 0.15) is 25.0 Å². The molecule has 0 spiro atoms. The lowest BCUT2D eigenvalue weighted by molar-refractivity contribution is -0.124. The molecule has 0 radical (unpaired) electrons. The fourth-order valence-corrected chi connectivity index (χ4v) is 1.81. The average Bonchev–Trinajstić information content (AvgIpc) is 2.40. The van der Waals surface area contributed by atoms with Gasteiger partial charge in [0.05, 0.1) is 11.4 Å². The SMILES string of the molecule is Cc1cccc(NC(=O)CNC(=O)C(Br)C(C)C)c1C. The van der Waals surface area contributed by atoms with Gasteiger partial charge in [0.15, 0.2) is 0 Å². The van der Waals surface area contributed by atoms with Gasteiger partial charge in [-0.1, -0.05) is 41.9 Å². The summed E-state index contributed by atoms with van der Waals surface area (Å²) in [7, 11) is 0. The number of carbonyl (C=O) groups is 2. The molecule has 110 valence electrons. The molecule has 0 fully saturated rings. The molecule has 0 aliphatic heterocycles. The van der Waals surface area contributed by atoms with Crippen LogP contribution in [0.25, 0.3) is 0 Å². The highest BCUT2D eigenvalue weighted by molar-refractivity contribution is 9.10. The number of halogens is 1. The van der Waals surface area contributed by atoms with Gasteiger partial charge < -0.3 is 10.6 Å². The second-order valence-electron chi connectivity index (χ2n) is 5.16. The minimum Gasteiger partial charge on any atom is -0.346 e. The molecule has 5 heteroatoms. The summed E-state index contributed by atoms with van der Waals surface area (Å²) >= 11 is 3.30. The predicted molar refractivity (Wildman–Crippen MR) is 85.1 cm³/mol. The monoisotopic (exact) mass is 340 g/mol. The minimum atomic E-state index is -0.281. The lowest BCUT2D eigenvalue weighted by atomic mass is 10.1. The van der Waals surface area contributed by atoms with E-state index in [0.717, 1.165) is 16.8 Å². The maximum absolute atomic E-state index is 11.8. The Morgan fingerprint density at radius 3 is 2.50 bits per heavy atom. The quantitative estimate of drug-likeness (QED) is 0.809. The van der Waals surface area contributed by atoms with Crippen molar-refractivity contribution in [2.24, 2.45) is 5.92 Å². The summed E-state index contributed by atoms with van der Waals surface area (Å²) in [6.07, 6.45) is 0. The Morgan fingerprint density at radius 1 is 1.25 bits per heavy atom. The van der Waals surface area contributed by atoms with E-state index in [1.54, 1.807) is 0 Å².